The van der Waals surface area contributed by atoms with Crippen LogP contribution in [0.3, 0.4) is 0 Å². The molecule has 0 N–H and O–H groups in total. The predicted octanol–water partition coefficient (Wildman–Crippen LogP) is 6.77. The van der Waals surface area contributed by atoms with Crippen molar-refractivity contribution in [3.63, 3.8) is 0 Å². The van der Waals surface area contributed by atoms with Crippen molar-refractivity contribution < 1.29 is 0 Å². The topological polar surface area (TPSA) is 39.1 Å². The van der Waals surface area contributed by atoms with Gasteiger partial charge < -0.3 is 0 Å². The Bertz CT molecular complexity index is 1980. The van der Waals surface area contributed by atoms with Crippen molar-refractivity contribution >= 4 is 91.2 Å². The smallest absolute Gasteiger partial charge is 0.262 e. The summed E-state index contributed by atoms with van der Waals surface area (Å²) in [6.45, 7) is 16.9. The van der Waals surface area contributed by atoms with Crippen LogP contribution in [0.1, 0.15) is 19.8 Å². The Hall–Kier alpha value is -3.03. The van der Waals surface area contributed by atoms with Crippen molar-refractivity contribution in [3.8, 4) is 0 Å². The molecule has 0 saturated heterocycles. The van der Waals surface area contributed by atoms with Gasteiger partial charge in [0, 0.05) is 6.54 Å². The molecule has 0 atom stereocenters. The Kier molecular flexibility index (Phi) is 4.43. The molecule has 6 aromatic carbocycles. The first-order chi connectivity index (χ1) is 17.4. The molecule has 7 aromatic rings. The molecule has 0 aliphatic carbocycles. The highest BCUT2D eigenvalue weighted by Gasteiger charge is 2.32. The maximum absolute atomic E-state index is 14.0. The normalized spacial score (nSPS) is 13.8. The van der Waals surface area contributed by atoms with E-state index in [0.29, 0.717) is 17.3 Å². The monoisotopic (exact) mass is 519 g/mol. The zero-order chi connectivity index (χ0) is 26.2. The zero-order valence-electron chi connectivity index (χ0n) is 22.8. The molecule has 5 heteroatoms. The van der Waals surface area contributed by atoms with Gasteiger partial charge in [-0.15, -0.1) is 0 Å². The fraction of sp³-hybridized carbons (Fsp3) is 0.312. The highest BCUT2D eigenvalue weighted by atomic mass is 28.3. The van der Waals surface area contributed by atoms with Crippen molar-refractivity contribution in [2.24, 2.45) is 0 Å². The molecule has 0 spiro atoms. The van der Waals surface area contributed by atoms with Gasteiger partial charge in [-0.05, 0) is 60.3 Å². The molecule has 3 nitrogen and oxygen atoms in total. The van der Waals surface area contributed by atoms with E-state index in [2.05, 4.69) is 82.6 Å². The molecule has 7 rings (SSSR count). The van der Waals surface area contributed by atoms with E-state index in [1.165, 1.54) is 58.0 Å². The molecule has 37 heavy (non-hydrogen) atoms. The number of rotatable bonds is 5. The van der Waals surface area contributed by atoms with Crippen LogP contribution in [0.2, 0.25) is 39.3 Å². The maximum Gasteiger partial charge on any atom is 0.262 e. The maximum atomic E-state index is 14.0. The number of nitrogens with zero attached hydrogens (tertiary/aromatic N) is 1. The lowest BCUT2D eigenvalue weighted by Crippen LogP contribution is -2.38. The van der Waals surface area contributed by atoms with Crippen LogP contribution in [-0.2, 0) is 6.54 Å². The van der Waals surface area contributed by atoms with Gasteiger partial charge >= 0.3 is 0 Å². The van der Waals surface area contributed by atoms with Gasteiger partial charge in [0.25, 0.3) is 11.1 Å². The number of hydrogen-bond donors (Lipinski definition) is 0. The third-order valence-electron chi connectivity index (χ3n) is 8.69. The molecule has 0 radical (unpaired) electrons. The van der Waals surface area contributed by atoms with Crippen LogP contribution in [0.5, 0.6) is 0 Å². The van der Waals surface area contributed by atoms with Crippen LogP contribution in [0.15, 0.2) is 46.0 Å². The van der Waals surface area contributed by atoms with Crippen molar-refractivity contribution in [2.75, 3.05) is 0 Å². The minimum absolute atomic E-state index is 0.103. The standard InChI is InChI=1S/C32H33NO2Si2/c1-8-9-14-33-31(34)29-20-15-22(36(2,3)4)18-12-10-17-11-13-19-23(37(5,6)7)16-21(30(29)32(33)35)28-26(19)24(17)25(18)27(20)28/h10-13,15-16H,8-9,14H2,1-7H3. The Morgan fingerprint density at radius 2 is 1.03 bits per heavy atom. The highest BCUT2D eigenvalue weighted by Crippen LogP contribution is 2.49. The predicted molar refractivity (Wildman–Crippen MR) is 168 cm³/mol. The summed E-state index contributed by atoms with van der Waals surface area (Å²) in [5.41, 5.74) is -0.206. The molecule has 0 bridgehead atoms. The lowest BCUT2D eigenvalue weighted by Gasteiger charge is -2.21. The van der Waals surface area contributed by atoms with Gasteiger partial charge in [-0.25, -0.2) is 0 Å². The SMILES string of the molecule is CCCCn1c(=O)c2c3cc([Si](C)(C)C)c4ccc5ccc6c([Si](C)(C)C)cc(c2c1=O)c1c6c5c4c31. The van der Waals surface area contributed by atoms with Gasteiger partial charge in [0.15, 0.2) is 0 Å². The summed E-state index contributed by atoms with van der Waals surface area (Å²) >= 11 is 0. The summed E-state index contributed by atoms with van der Waals surface area (Å²) in [7, 11) is -3.53. The van der Waals surface area contributed by atoms with Gasteiger partial charge in [0.1, 0.15) is 0 Å². The first-order valence-electron chi connectivity index (χ1n) is 13.6. The molecular formula is C32H33NO2Si2. The van der Waals surface area contributed by atoms with Crippen molar-refractivity contribution in [1.29, 1.82) is 0 Å². The Morgan fingerprint density at radius 3 is 1.43 bits per heavy atom. The average molecular weight is 520 g/mol. The molecule has 0 aliphatic heterocycles. The van der Waals surface area contributed by atoms with Crippen molar-refractivity contribution in [1.82, 2.24) is 4.57 Å². The number of fused-ring (bicyclic) bond motifs is 3. The molecule has 0 unspecified atom stereocenters. The quantitative estimate of drug-likeness (QED) is 0.186. The third-order valence-corrected chi connectivity index (χ3v) is 12.8. The van der Waals surface area contributed by atoms with Gasteiger partial charge in [-0.2, -0.15) is 0 Å². The van der Waals surface area contributed by atoms with E-state index in [4.69, 9.17) is 0 Å². The molecule has 1 heterocycles. The highest BCUT2D eigenvalue weighted by molar-refractivity contribution is 6.91. The van der Waals surface area contributed by atoms with E-state index in [1.807, 2.05) is 0 Å². The summed E-state index contributed by atoms with van der Waals surface area (Å²) in [5.74, 6) is 0. The second kappa shape index (κ2) is 7.09. The van der Waals surface area contributed by atoms with E-state index in [-0.39, 0.29) is 11.1 Å². The van der Waals surface area contributed by atoms with Gasteiger partial charge in [-0.3, -0.25) is 14.2 Å². The zero-order valence-corrected chi connectivity index (χ0v) is 24.8. The molecule has 0 aliphatic rings. The molecule has 0 amide bonds. The van der Waals surface area contributed by atoms with Crippen LogP contribution in [0, 0.1) is 0 Å². The lowest BCUT2D eigenvalue weighted by molar-refractivity contribution is 0.609. The number of aromatic nitrogens is 1. The average Bonchev–Trinajstić information content (AvgIpc) is 3.31. The first kappa shape index (κ1) is 23.1. The number of hydrogen-bond acceptors (Lipinski definition) is 2. The van der Waals surface area contributed by atoms with Crippen LogP contribution in [-0.4, -0.2) is 20.7 Å². The summed E-state index contributed by atoms with van der Waals surface area (Å²) in [5, 5.41) is 16.3. The summed E-state index contributed by atoms with van der Waals surface area (Å²) < 4.78 is 1.53. The minimum atomic E-state index is -1.76. The third kappa shape index (κ3) is 2.76. The van der Waals surface area contributed by atoms with E-state index >= 15 is 0 Å². The van der Waals surface area contributed by atoms with Crippen molar-refractivity contribution in [3.05, 3.63) is 57.1 Å². The van der Waals surface area contributed by atoms with Crippen LogP contribution in [0.25, 0.3) is 64.6 Å². The molecular weight excluding hydrogens is 487 g/mol. The van der Waals surface area contributed by atoms with Crippen LogP contribution in [0.4, 0.5) is 0 Å². The van der Waals surface area contributed by atoms with Gasteiger partial charge in [0.05, 0.1) is 26.9 Å². The summed E-state index contributed by atoms with van der Waals surface area (Å²) in [6, 6.07) is 13.8. The molecule has 1 aromatic heterocycles. The fourth-order valence-corrected chi connectivity index (χ4v) is 10.2. The Labute approximate surface area is 218 Å². The lowest BCUT2D eigenvalue weighted by atomic mass is 9.95. The second-order valence-corrected chi connectivity index (χ2v) is 23.2. The van der Waals surface area contributed by atoms with E-state index in [0.717, 1.165) is 23.6 Å². The van der Waals surface area contributed by atoms with Gasteiger partial charge in [0.2, 0.25) is 0 Å². The largest absolute Gasteiger partial charge is 0.274 e. The Morgan fingerprint density at radius 1 is 0.595 bits per heavy atom. The number of unbranched alkanes of at least 4 members (excludes halogenated alkanes) is 1. The molecule has 0 saturated carbocycles. The summed E-state index contributed by atoms with van der Waals surface area (Å²) in [4.78, 5) is 28.0. The van der Waals surface area contributed by atoms with E-state index in [1.54, 1.807) is 0 Å². The number of benzene rings is 5. The van der Waals surface area contributed by atoms with Crippen LogP contribution >= 0.6 is 0 Å². The second-order valence-electron chi connectivity index (χ2n) is 13.1. The van der Waals surface area contributed by atoms with Gasteiger partial charge in [-0.1, -0.05) is 99.4 Å². The van der Waals surface area contributed by atoms with Crippen LogP contribution < -0.4 is 21.5 Å². The first-order valence-corrected chi connectivity index (χ1v) is 20.6. The summed E-state index contributed by atoms with van der Waals surface area (Å²) in [6.07, 6.45) is 1.78. The molecule has 186 valence electrons. The molecule has 0 fully saturated rings. The van der Waals surface area contributed by atoms with E-state index in [9.17, 15) is 9.59 Å². The van der Waals surface area contributed by atoms with Crippen molar-refractivity contribution in [2.45, 2.75) is 65.6 Å². The fourth-order valence-electron chi connectivity index (χ4n) is 6.99. The van der Waals surface area contributed by atoms with E-state index < -0.39 is 16.1 Å². The minimum Gasteiger partial charge on any atom is -0.274 e. The Balaban J connectivity index is 1.90.